The van der Waals surface area contributed by atoms with Crippen LogP contribution in [-0.4, -0.2) is 47.5 Å². The minimum atomic E-state index is -0.226. The van der Waals surface area contributed by atoms with E-state index in [2.05, 4.69) is 26.2 Å². The highest BCUT2D eigenvalue weighted by Gasteiger charge is 2.17. The molecule has 0 N–H and O–H groups in total. The number of benzene rings is 1. The van der Waals surface area contributed by atoms with Gasteiger partial charge in [-0.2, -0.15) is 5.26 Å². The highest BCUT2D eigenvalue weighted by Crippen LogP contribution is 2.24. The van der Waals surface area contributed by atoms with Gasteiger partial charge in [0, 0.05) is 43.7 Å². The molecule has 0 saturated carbocycles. The van der Waals surface area contributed by atoms with Crippen LogP contribution in [0.15, 0.2) is 29.6 Å². The number of halogens is 1. The van der Waals surface area contributed by atoms with Crippen molar-refractivity contribution in [2.45, 2.75) is 6.54 Å². The summed E-state index contributed by atoms with van der Waals surface area (Å²) in [6.07, 6.45) is 0. The lowest BCUT2D eigenvalue weighted by Gasteiger charge is -2.32. The van der Waals surface area contributed by atoms with Crippen molar-refractivity contribution in [1.29, 1.82) is 5.26 Å². The van der Waals surface area contributed by atoms with Gasteiger partial charge in [0.05, 0.1) is 18.3 Å². The van der Waals surface area contributed by atoms with E-state index in [1.807, 2.05) is 0 Å². The van der Waals surface area contributed by atoms with Gasteiger partial charge in [0.1, 0.15) is 10.8 Å². The molecule has 2 aromatic rings. The molecule has 4 nitrogen and oxygen atoms in total. The molecule has 3 rings (SSSR count). The average Bonchev–Trinajstić information content (AvgIpc) is 2.99. The quantitative estimate of drug-likeness (QED) is 0.813. The van der Waals surface area contributed by atoms with E-state index in [9.17, 15) is 4.39 Å². The van der Waals surface area contributed by atoms with E-state index < -0.39 is 0 Å². The van der Waals surface area contributed by atoms with Gasteiger partial charge in [-0.1, -0.05) is 0 Å². The summed E-state index contributed by atoms with van der Waals surface area (Å²) < 4.78 is 13.0. The van der Waals surface area contributed by atoms with Gasteiger partial charge in [-0.25, -0.2) is 9.37 Å². The molecule has 1 aromatic carbocycles. The van der Waals surface area contributed by atoms with Crippen LogP contribution >= 0.6 is 11.3 Å². The van der Waals surface area contributed by atoms with E-state index in [1.54, 1.807) is 23.5 Å². The third-order valence-electron chi connectivity index (χ3n) is 3.79. The number of piperazine rings is 1. The maximum atomic E-state index is 13.0. The van der Waals surface area contributed by atoms with Gasteiger partial charge in [0.15, 0.2) is 0 Å². The van der Waals surface area contributed by atoms with Crippen LogP contribution < -0.4 is 0 Å². The minimum absolute atomic E-state index is 0.226. The smallest absolute Gasteiger partial charge is 0.123 e. The molecular formula is C16H17FN4S. The number of hydrogen-bond acceptors (Lipinski definition) is 5. The zero-order valence-corrected chi connectivity index (χ0v) is 13.0. The second-order valence-corrected chi connectivity index (χ2v) is 6.22. The Morgan fingerprint density at radius 2 is 1.82 bits per heavy atom. The first-order valence-electron chi connectivity index (χ1n) is 7.26. The molecule has 1 saturated heterocycles. The van der Waals surface area contributed by atoms with Gasteiger partial charge in [-0.05, 0) is 24.3 Å². The maximum Gasteiger partial charge on any atom is 0.123 e. The summed E-state index contributed by atoms with van der Waals surface area (Å²) in [5.41, 5.74) is 2.01. The van der Waals surface area contributed by atoms with Crippen LogP contribution in [0, 0.1) is 17.1 Å². The van der Waals surface area contributed by atoms with Crippen LogP contribution in [0.2, 0.25) is 0 Å². The van der Waals surface area contributed by atoms with Crippen molar-refractivity contribution in [2.75, 3.05) is 32.7 Å². The predicted octanol–water partition coefficient (Wildman–Crippen LogP) is 2.59. The molecule has 1 aromatic heterocycles. The van der Waals surface area contributed by atoms with Crippen molar-refractivity contribution in [1.82, 2.24) is 14.8 Å². The van der Waals surface area contributed by atoms with Crippen LogP contribution in [-0.2, 0) is 6.54 Å². The van der Waals surface area contributed by atoms with Crippen LogP contribution in [0.25, 0.3) is 10.6 Å². The van der Waals surface area contributed by atoms with E-state index in [0.717, 1.165) is 49.0 Å². The molecule has 0 radical (unpaired) electrons. The highest BCUT2D eigenvalue weighted by atomic mass is 32.1. The van der Waals surface area contributed by atoms with E-state index in [-0.39, 0.29) is 5.82 Å². The SMILES string of the molecule is N#CCN1CCN(Cc2csc(-c3ccc(F)cc3)n2)CC1. The molecular weight excluding hydrogens is 299 g/mol. The van der Waals surface area contributed by atoms with Gasteiger partial charge in [0.2, 0.25) is 0 Å². The fourth-order valence-electron chi connectivity index (χ4n) is 2.54. The first kappa shape index (κ1) is 15.1. The molecule has 2 heterocycles. The molecule has 114 valence electrons. The second-order valence-electron chi connectivity index (χ2n) is 5.36. The Morgan fingerprint density at radius 3 is 2.50 bits per heavy atom. The van der Waals surface area contributed by atoms with E-state index in [0.29, 0.717) is 6.54 Å². The van der Waals surface area contributed by atoms with Crippen molar-refractivity contribution in [3.63, 3.8) is 0 Å². The number of hydrogen-bond donors (Lipinski definition) is 0. The zero-order valence-electron chi connectivity index (χ0n) is 12.2. The van der Waals surface area contributed by atoms with Crippen molar-refractivity contribution >= 4 is 11.3 Å². The predicted molar refractivity (Wildman–Crippen MR) is 84.8 cm³/mol. The lowest BCUT2D eigenvalue weighted by Crippen LogP contribution is -2.45. The fourth-order valence-corrected chi connectivity index (χ4v) is 3.36. The second kappa shape index (κ2) is 6.97. The Labute approximate surface area is 133 Å². The number of thiazole rings is 1. The summed E-state index contributed by atoms with van der Waals surface area (Å²) in [4.78, 5) is 9.17. The Balaban J connectivity index is 1.58. The molecule has 0 bridgehead atoms. The molecule has 0 amide bonds. The normalized spacial score (nSPS) is 16.5. The summed E-state index contributed by atoms with van der Waals surface area (Å²) in [6.45, 7) is 5.14. The van der Waals surface area contributed by atoms with Crippen LogP contribution in [0.3, 0.4) is 0 Å². The zero-order chi connectivity index (χ0) is 15.4. The lowest BCUT2D eigenvalue weighted by molar-refractivity contribution is 0.137. The molecule has 1 fully saturated rings. The Kier molecular flexibility index (Phi) is 4.78. The molecule has 22 heavy (non-hydrogen) atoms. The van der Waals surface area contributed by atoms with Gasteiger partial charge in [0.25, 0.3) is 0 Å². The monoisotopic (exact) mass is 316 g/mol. The Bertz CT molecular complexity index is 654. The van der Waals surface area contributed by atoms with Crippen LogP contribution in [0.5, 0.6) is 0 Å². The van der Waals surface area contributed by atoms with Crippen molar-refractivity contribution < 1.29 is 4.39 Å². The Morgan fingerprint density at radius 1 is 1.14 bits per heavy atom. The average molecular weight is 316 g/mol. The van der Waals surface area contributed by atoms with Crippen molar-refractivity contribution in [3.8, 4) is 16.6 Å². The summed E-state index contributed by atoms with van der Waals surface area (Å²) in [5, 5.41) is 11.7. The number of nitrogens with zero attached hydrogens (tertiary/aromatic N) is 4. The summed E-state index contributed by atoms with van der Waals surface area (Å²) in [5.74, 6) is -0.226. The van der Waals surface area contributed by atoms with Gasteiger partial charge < -0.3 is 0 Å². The lowest BCUT2D eigenvalue weighted by atomic mass is 10.2. The molecule has 1 aliphatic heterocycles. The number of rotatable bonds is 4. The van der Waals surface area contributed by atoms with Crippen LogP contribution in [0.4, 0.5) is 4.39 Å². The topological polar surface area (TPSA) is 43.2 Å². The number of nitriles is 1. The highest BCUT2D eigenvalue weighted by molar-refractivity contribution is 7.13. The van der Waals surface area contributed by atoms with Gasteiger partial charge in [-0.15, -0.1) is 11.3 Å². The van der Waals surface area contributed by atoms with Crippen molar-refractivity contribution in [3.05, 3.63) is 41.2 Å². The van der Waals surface area contributed by atoms with Crippen molar-refractivity contribution in [2.24, 2.45) is 0 Å². The fraction of sp³-hybridized carbons (Fsp3) is 0.375. The summed E-state index contributed by atoms with van der Waals surface area (Å²) in [6, 6.07) is 8.65. The molecule has 0 atom stereocenters. The third-order valence-corrected chi connectivity index (χ3v) is 4.73. The minimum Gasteiger partial charge on any atom is -0.295 e. The van der Waals surface area contributed by atoms with Crippen LogP contribution in [0.1, 0.15) is 5.69 Å². The molecule has 0 unspecified atom stereocenters. The molecule has 6 heteroatoms. The third kappa shape index (κ3) is 3.69. The van der Waals surface area contributed by atoms with Gasteiger partial charge in [-0.3, -0.25) is 9.80 Å². The van der Waals surface area contributed by atoms with E-state index >= 15 is 0 Å². The van der Waals surface area contributed by atoms with Gasteiger partial charge >= 0.3 is 0 Å². The van der Waals surface area contributed by atoms with E-state index in [1.165, 1.54) is 12.1 Å². The summed E-state index contributed by atoms with van der Waals surface area (Å²) >= 11 is 1.59. The number of aromatic nitrogens is 1. The molecule has 0 spiro atoms. The molecule has 1 aliphatic rings. The molecule has 0 aliphatic carbocycles. The Hall–Kier alpha value is -1.81. The first-order valence-corrected chi connectivity index (χ1v) is 8.14. The van der Waals surface area contributed by atoms with E-state index in [4.69, 9.17) is 5.26 Å². The standard InChI is InChI=1S/C16H17FN4S/c17-14-3-1-13(2-4-14)16-19-15(12-22-16)11-21-9-7-20(6-5-18)8-10-21/h1-4,12H,6-11H2. The maximum absolute atomic E-state index is 13.0. The summed E-state index contributed by atoms with van der Waals surface area (Å²) in [7, 11) is 0. The largest absolute Gasteiger partial charge is 0.295 e. The first-order chi connectivity index (χ1) is 10.7.